The zero-order chi connectivity index (χ0) is 35.5. The minimum atomic E-state index is -0.669. The summed E-state index contributed by atoms with van der Waals surface area (Å²) in [6.45, 7) is 5.51. The van der Waals surface area contributed by atoms with Crippen LogP contribution in [0.2, 0.25) is 0 Å². The third-order valence-corrected chi connectivity index (χ3v) is 11.9. The number of H-pyrrole nitrogens is 2. The lowest BCUT2D eigenvalue weighted by atomic mass is 9.82. The molecule has 2 aliphatic heterocycles. The number of ether oxygens (including phenoxy) is 1. The number of benzene rings is 2. The molecule has 4 aliphatic rings. The minimum absolute atomic E-state index is 0.0870. The van der Waals surface area contributed by atoms with Crippen LogP contribution in [0.5, 0.6) is 0 Å². The van der Waals surface area contributed by atoms with Gasteiger partial charge in [0.15, 0.2) is 0 Å². The number of carbonyl (C=O) groups excluding carboxylic acids is 2. The summed E-state index contributed by atoms with van der Waals surface area (Å²) in [4.78, 5) is 49.2. The van der Waals surface area contributed by atoms with Crippen LogP contribution in [-0.2, 0) is 9.53 Å². The predicted molar refractivity (Wildman–Crippen MR) is 200 cm³/mol. The van der Waals surface area contributed by atoms with E-state index in [2.05, 4.69) is 63.1 Å². The van der Waals surface area contributed by atoms with E-state index in [0.717, 1.165) is 65.4 Å². The number of nitrogens with zero attached hydrogens (tertiary/aromatic N) is 4. The Bertz CT molecular complexity index is 2150. The maximum Gasteiger partial charge on any atom is 0.407 e. The van der Waals surface area contributed by atoms with E-state index >= 15 is 0 Å². The smallest absolute Gasteiger partial charge is 0.407 e. The van der Waals surface area contributed by atoms with E-state index in [4.69, 9.17) is 19.7 Å². The van der Waals surface area contributed by atoms with Gasteiger partial charge < -0.3 is 30.2 Å². The Balaban J connectivity index is 0.971. The van der Waals surface area contributed by atoms with Crippen LogP contribution in [0.25, 0.3) is 44.7 Å². The molecule has 5 heterocycles. The van der Waals surface area contributed by atoms with Gasteiger partial charge in [0, 0.05) is 23.9 Å². The average Bonchev–Trinajstić information content (AvgIpc) is 4.02. The highest BCUT2D eigenvalue weighted by molar-refractivity contribution is 5.87. The van der Waals surface area contributed by atoms with Crippen molar-refractivity contribution in [2.45, 2.75) is 88.8 Å². The summed E-state index contributed by atoms with van der Waals surface area (Å²) in [5, 5.41) is 6.28. The summed E-state index contributed by atoms with van der Waals surface area (Å²) in [5.41, 5.74) is 11.7. The van der Waals surface area contributed by atoms with E-state index in [1.165, 1.54) is 60.6 Å². The van der Waals surface area contributed by atoms with Crippen LogP contribution >= 0.6 is 0 Å². The molecule has 52 heavy (non-hydrogen) atoms. The molecule has 2 aromatic carbocycles. The molecule has 5 aromatic rings. The van der Waals surface area contributed by atoms with Gasteiger partial charge in [0.2, 0.25) is 5.91 Å². The van der Waals surface area contributed by atoms with Gasteiger partial charge >= 0.3 is 6.09 Å². The number of aromatic nitrogens is 5. The zero-order valence-electron chi connectivity index (χ0n) is 30.0. The molecular weight excluding hydrogens is 653 g/mol. The van der Waals surface area contributed by atoms with Crippen molar-refractivity contribution in [2.75, 3.05) is 20.2 Å². The molecule has 3 aromatic heterocycles. The van der Waals surface area contributed by atoms with Crippen molar-refractivity contribution in [3.05, 3.63) is 77.6 Å². The monoisotopic (exact) mass is 698 g/mol. The lowest BCUT2D eigenvalue weighted by Crippen LogP contribution is -2.51. The zero-order valence-corrected chi connectivity index (χ0v) is 30.0. The van der Waals surface area contributed by atoms with Gasteiger partial charge in [-0.15, -0.1) is 0 Å². The van der Waals surface area contributed by atoms with Crippen LogP contribution in [0.3, 0.4) is 0 Å². The molecule has 1 saturated carbocycles. The number of rotatable bonds is 8. The normalized spacial score (nSPS) is 22.7. The summed E-state index contributed by atoms with van der Waals surface area (Å²) in [7, 11) is 1.31. The molecule has 0 radical (unpaired) electrons. The van der Waals surface area contributed by atoms with Gasteiger partial charge in [-0.2, -0.15) is 0 Å². The number of hydrogen-bond donors (Lipinski definition) is 4. The Labute approximate surface area is 303 Å². The van der Waals surface area contributed by atoms with Crippen molar-refractivity contribution >= 4 is 23.0 Å². The topological polar surface area (TPSA) is 141 Å². The number of aromatic amines is 2. The van der Waals surface area contributed by atoms with Crippen LogP contribution < -0.4 is 10.6 Å². The fourth-order valence-corrected chi connectivity index (χ4v) is 9.33. The van der Waals surface area contributed by atoms with Gasteiger partial charge in [-0.1, -0.05) is 32.0 Å². The quantitative estimate of drug-likeness (QED) is 0.131. The lowest BCUT2D eigenvalue weighted by Gasteiger charge is -2.30. The van der Waals surface area contributed by atoms with Crippen molar-refractivity contribution in [2.24, 2.45) is 5.92 Å². The van der Waals surface area contributed by atoms with E-state index in [-0.39, 0.29) is 17.9 Å². The summed E-state index contributed by atoms with van der Waals surface area (Å²) in [6, 6.07) is 15.0. The molecule has 2 saturated heterocycles. The lowest BCUT2D eigenvalue weighted by molar-refractivity contribution is -0.135. The van der Waals surface area contributed by atoms with Crippen LogP contribution in [0.4, 0.5) is 4.79 Å². The Hall–Kier alpha value is -5.03. The van der Waals surface area contributed by atoms with E-state index < -0.39 is 12.1 Å². The van der Waals surface area contributed by atoms with E-state index in [0.29, 0.717) is 24.4 Å². The van der Waals surface area contributed by atoms with E-state index in [1.807, 2.05) is 31.1 Å². The van der Waals surface area contributed by atoms with Gasteiger partial charge in [-0.3, -0.25) is 9.78 Å². The summed E-state index contributed by atoms with van der Waals surface area (Å²) < 4.78 is 4.78. The highest BCUT2D eigenvalue weighted by Gasteiger charge is 2.41. The van der Waals surface area contributed by atoms with E-state index in [9.17, 15) is 9.59 Å². The number of carbonyl (C=O) groups is 2. The van der Waals surface area contributed by atoms with Gasteiger partial charge in [-0.25, -0.2) is 14.8 Å². The average molecular weight is 699 g/mol. The SMILES string of the molecule is COC(=O)NC(C(=O)N1CCCC1c1ncc(-c2ccc(-c3ccc(-c4ccc5nc(C6CCCN6)[nH]c5c4)c4c3C3CCC4C3)nc2)[nH]1)C(C)C. The maximum absolute atomic E-state index is 13.6. The van der Waals surface area contributed by atoms with Gasteiger partial charge in [0.25, 0.3) is 0 Å². The van der Waals surface area contributed by atoms with Crippen LogP contribution in [-0.4, -0.2) is 68.1 Å². The fourth-order valence-electron chi connectivity index (χ4n) is 9.33. The number of pyridine rings is 1. The largest absolute Gasteiger partial charge is 0.453 e. The Kier molecular flexibility index (Phi) is 8.33. The molecule has 0 spiro atoms. The molecule has 2 bridgehead atoms. The molecule has 4 N–H and O–H groups in total. The second-order valence-electron chi connectivity index (χ2n) is 15.4. The molecule has 5 atom stereocenters. The first-order chi connectivity index (χ1) is 25.4. The highest BCUT2D eigenvalue weighted by Crippen LogP contribution is 2.58. The number of amides is 2. The summed E-state index contributed by atoms with van der Waals surface area (Å²) >= 11 is 0. The van der Waals surface area contributed by atoms with Gasteiger partial charge in [0.1, 0.15) is 17.7 Å². The number of methoxy groups -OCH3 is 1. The number of imidazole rings is 2. The Morgan fingerprint density at radius 2 is 1.69 bits per heavy atom. The fraction of sp³-hybridized carbons (Fsp3) is 0.439. The maximum atomic E-state index is 13.6. The van der Waals surface area contributed by atoms with Crippen molar-refractivity contribution in [3.8, 4) is 33.6 Å². The molecule has 9 rings (SSSR count). The highest BCUT2D eigenvalue weighted by atomic mass is 16.5. The Morgan fingerprint density at radius 3 is 2.44 bits per heavy atom. The molecule has 3 fully saturated rings. The molecule has 268 valence electrons. The first-order valence-corrected chi connectivity index (χ1v) is 18.9. The molecule has 2 aliphatic carbocycles. The molecule has 11 heteroatoms. The van der Waals surface area contributed by atoms with Crippen LogP contribution in [0.1, 0.15) is 105 Å². The number of fused-ring (bicyclic) bond motifs is 6. The third kappa shape index (κ3) is 5.66. The molecule has 11 nitrogen and oxygen atoms in total. The van der Waals surface area contributed by atoms with Gasteiger partial charge in [0.05, 0.1) is 47.8 Å². The number of nitrogens with one attached hydrogen (secondary N) is 4. The standard InChI is InChI=1S/C41H46N8O3/c1-22(2)37(48-41(51)52-3)40(50)49-17-5-7-34(49)39-44-21-33(47-39)26-11-14-29(43-20-26)28-13-12-27(35-24-8-9-25(18-24)36(28)35)23-10-15-30-32(19-23)46-38(45-30)31-6-4-16-42-31/h10-15,19-22,24-25,31,34,37,42H,4-9,16-18H2,1-3H3,(H,44,47)(H,45,46)(H,48,51). The van der Waals surface area contributed by atoms with Crippen molar-refractivity contribution in [3.63, 3.8) is 0 Å². The van der Waals surface area contributed by atoms with Crippen LogP contribution in [0, 0.1) is 5.92 Å². The molecule has 5 unspecified atom stereocenters. The second kappa shape index (κ2) is 13.2. The molecule has 2 amide bonds. The minimum Gasteiger partial charge on any atom is -0.453 e. The first-order valence-electron chi connectivity index (χ1n) is 18.9. The van der Waals surface area contributed by atoms with Crippen molar-refractivity contribution in [1.82, 2.24) is 40.5 Å². The predicted octanol–water partition coefficient (Wildman–Crippen LogP) is 7.52. The number of hydrogen-bond acceptors (Lipinski definition) is 7. The van der Waals surface area contributed by atoms with Gasteiger partial charge in [-0.05, 0) is 116 Å². The number of likely N-dealkylation sites (tertiary alicyclic amines) is 1. The second-order valence-corrected chi connectivity index (χ2v) is 15.4. The molecular formula is C41H46N8O3. The summed E-state index contributed by atoms with van der Waals surface area (Å²) in [6.07, 6.45) is 10.8. The van der Waals surface area contributed by atoms with E-state index in [1.54, 1.807) is 0 Å². The number of alkyl carbamates (subject to hydrolysis) is 1. The van der Waals surface area contributed by atoms with Crippen LogP contribution in [0.15, 0.2) is 54.9 Å². The Morgan fingerprint density at radius 1 is 0.885 bits per heavy atom. The summed E-state index contributed by atoms with van der Waals surface area (Å²) in [5.74, 6) is 2.74. The third-order valence-electron chi connectivity index (χ3n) is 11.9. The first kappa shape index (κ1) is 32.8. The van der Waals surface area contributed by atoms with Crippen molar-refractivity contribution in [1.29, 1.82) is 0 Å². The van der Waals surface area contributed by atoms with Crippen molar-refractivity contribution < 1.29 is 14.3 Å².